The molecule has 1 fully saturated rings. The molecule has 1 saturated heterocycles. The highest BCUT2D eigenvalue weighted by atomic mass is 19.1. The van der Waals surface area contributed by atoms with Crippen LogP contribution in [-0.4, -0.2) is 30.6 Å². The Morgan fingerprint density at radius 3 is 2.50 bits per heavy atom. The minimum atomic E-state index is -1.75. The molecule has 0 aliphatic carbocycles. The molecule has 0 radical (unpaired) electrons. The second-order valence-electron chi connectivity index (χ2n) is 4.86. The number of rotatable bonds is 3. The Labute approximate surface area is 104 Å². The van der Waals surface area contributed by atoms with Gasteiger partial charge in [0.1, 0.15) is 18.2 Å². The average molecular weight is 259 g/mol. The molecule has 1 heterocycles. The highest BCUT2D eigenvalue weighted by molar-refractivity contribution is 5.28. The number of halogens is 3. The Bertz CT molecular complexity index is 416. The third-order valence-electron chi connectivity index (χ3n) is 3.64. The largest absolute Gasteiger partial charge is 0.393 e. The van der Waals surface area contributed by atoms with Gasteiger partial charge in [-0.05, 0) is 18.9 Å². The van der Waals surface area contributed by atoms with Crippen LogP contribution in [0.3, 0.4) is 0 Å². The third-order valence-corrected chi connectivity index (χ3v) is 3.64. The SMILES string of the molecule is OCC1(F)CC[C@@](CF)(c2ccccc2F)NC1. The lowest BCUT2D eigenvalue weighted by Gasteiger charge is -2.42. The van der Waals surface area contributed by atoms with Gasteiger partial charge in [-0.3, -0.25) is 0 Å². The monoisotopic (exact) mass is 259 g/mol. The molecule has 1 aliphatic heterocycles. The fraction of sp³-hybridized carbons (Fsp3) is 0.538. The van der Waals surface area contributed by atoms with Crippen molar-refractivity contribution in [2.24, 2.45) is 0 Å². The van der Waals surface area contributed by atoms with Crippen molar-refractivity contribution in [2.45, 2.75) is 24.0 Å². The summed E-state index contributed by atoms with van der Waals surface area (Å²) in [6.07, 6.45) is 0.121. The molecule has 5 heteroatoms. The highest BCUT2D eigenvalue weighted by Gasteiger charge is 2.44. The summed E-state index contributed by atoms with van der Waals surface area (Å²) in [6, 6.07) is 5.92. The molecule has 1 unspecified atom stereocenters. The molecule has 1 aliphatic rings. The van der Waals surface area contributed by atoms with Crippen molar-refractivity contribution in [2.75, 3.05) is 19.8 Å². The summed E-state index contributed by atoms with van der Waals surface area (Å²) in [5, 5.41) is 11.7. The first-order valence-electron chi connectivity index (χ1n) is 5.91. The molecule has 0 saturated carbocycles. The van der Waals surface area contributed by atoms with E-state index in [4.69, 9.17) is 5.11 Å². The normalized spacial score (nSPS) is 32.4. The predicted octanol–water partition coefficient (Wildman–Crippen LogP) is 2.07. The van der Waals surface area contributed by atoms with Gasteiger partial charge >= 0.3 is 0 Å². The van der Waals surface area contributed by atoms with E-state index in [0.29, 0.717) is 0 Å². The number of aliphatic hydroxyl groups excluding tert-OH is 1. The van der Waals surface area contributed by atoms with Crippen molar-refractivity contribution in [3.63, 3.8) is 0 Å². The molecule has 1 aromatic carbocycles. The van der Waals surface area contributed by atoms with Crippen LogP contribution < -0.4 is 5.32 Å². The van der Waals surface area contributed by atoms with Crippen molar-refractivity contribution in [1.29, 1.82) is 0 Å². The molecule has 2 N–H and O–H groups in total. The number of hydrogen-bond acceptors (Lipinski definition) is 2. The van der Waals surface area contributed by atoms with Gasteiger partial charge in [-0.1, -0.05) is 18.2 Å². The van der Waals surface area contributed by atoms with Gasteiger partial charge in [-0.15, -0.1) is 0 Å². The van der Waals surface area contributed by atoms with Crippen LogP contribution in [-0.2, 0) is 5.54 Å². The lowest BCUT2D eigenvalue weighted by atomic mass is 9.79. The maximum Gasteiger partial charge on any atom is 0.146 e. The zero-order chi connectivity index (χ0) is 13.2. The number of hydrogen-bond donors (Lipinski definition) is 2. The molecule has 18 heavy (non-hydrogen) atoms. The Kier molecular flexibility index (Phi) is 3.64. The van der Waals surface area contributed by atoms with Crippen LogP contribution in [0.2, 0.25) is 0 Å². The van der Waals surface area contributed by atoms with E-state index in [1.54, 1.807) is 6.07 Å². The second kappa shape index (κ2) is 4.90. The molecule has 0 amide bonds. The van der Waals surface area contributed by atoms with Gasteiger partial charge < -0.3 is 10.4 Å². The van der Waals surface area contributed by atoms with Crippen LogP contribution in [0, 0.1) is 5.82 Å². The van der Waals surface area contributed by atoms with Crippen LogP contribution in [0.1, 0.15) is 18.4 Å². The average Bonchev–Trinajstić information content (AvgIpc) is 2.41. The van der Waals surface area contributed by atoms with Crippen LogP contribution in [0.5, 0.6) is 0 Å². The first-order valence-corrected chi connectivity index (χ1v) is 5.91. The molecule has 2 nitrogen and oxygen atoms in total. The molecule has 100 valence electrons. The van der Waals surface area contributed by atoms with E-state index in [1.807, 2.05) is 0 Å². The predicted molar refractivity (Wildman–Crippen MR) is 62.2 cm³/mol. The van der Waals surface area contributed by atoms with Gasteiger partial charge in [0.2, 0.25) is 0 Å². The quantitative estimate of drug-likeness (QED) is 0.871. The summed E-state index contributed by atoms with van der Waals surface area (Å²) in [5.41, 5.74) is -2.72. The number of alkyl halides is 2. The van der Waals surface area contributed by atoms with Crippen molar-refractivity contribution in [1.82, 2.24) is 5.32 Å². The summed E-state index contributed by atoms with van der Waals surface area (Å²) in [4.78, 5) is 0. The Morgan fingerprint density at radius 2 is 2.00 bits per heavy atom. The van der Waals surface area contributed by atoms with Gasteiger partial charge in [0.25, 0.3) is 0 Å². The van der Waals surface area contributed by atoms with Gasteiger partial charge in [0, 0.05) is 12.1 Å². The smallest absolute Gasteiger partial charge is 0.146 e. The van der Waals surface area contributed by atoms with E-state index in [2.05, 4.69) is 5.32 Å². The zero-order valence-corrected chi connectivity index (χ0v) is 9.93. The summed E-state index contributed by atoms with van der Waals surface area (Å²) < 4.78 is 40.9. The van der Waals surface area contributed by atoms with E-state index in [1.165, 1.54) is 18.2 Å². The summed E-state index contributed by atoms with van der Waals surface area (Å²) in [7, 11) is 0. The fourth-order valence-corrected chi connectivity index (χ4v) is 2.34. The van der Waals surface area contributed by atoms with Crippen LogP contribution in [0.4, 0.5) is 13.2 Å². The third kappa shape index (κ3) is 2.24. The van der Waals surface area contributed by atoms with E-state index >= 15 is 0 Å². The standard InChI is InChI=1S/C13H16F3NO/c14-7-13(10-3-1-2-4-11(10)15)6-5-12(16,9-18)8-17-13/h1-4,17-18H,5-9H2/t12?,13-/m1/s1. The van der Waals surface area contributed by atoms with Gasteiger partial charge in [-0.2, -0.15) is 0 Å². The van der Waals surface area contributed by atoms with Crippen molar-refractivity contribution >= 4 is 0 Å². The Morgan fingerprint density at radius 1 is 1.28 bits per heavy atom. The van der Waals surface area contributed by atoms with Crippen LogP contribution >= 0.6 is 0 Å². The Hall–Kier alpha value is -1.07. The number of piperidine rings is 1. The first-order chi connectivity index (χ1) is 8.55. The molecule has 1 aromatic rings. The molecule has 0 aromatic heterocycles. The number of aliphatic hydroxyl groups is 1. The van der Waals surface area contributed by atoms with E-state index in [-0.39, 0.29) is 24.9 Å². The lowest BCUT2D eigenvalue weighted by molar-refractivity contribution is 0.00977. The summed E-state index contributed by atoms with van der Waals surface area (Å²) in [6.45, 7) is -1.60. The number of benzene rings is 1. The molecular formula is C13H16F3NO. The first kappa shape index (κ1) is 13.4. The lowest BCUT2D eigenvalue weighted by Crippen LogP contribution is -2.57. The Balaban J connectivity index is 2.27. The van der Waals surface area contributed by atoms with Crippen molar-refractivity contribution in [3.05, 3.63) is 35.6 Å². The van der Waals surface area contributed by atoms with Gasteiger partial charge in [0.05, 0.1) is 12.1 Å². The van der Waals surface area contributed by atoms with Crippen LogP contribution in [0.15, 0.2) is 24.3 Å². The highest BCUT2D eigenvalue weighted by Crippen LogP contribution is 2.36. The van der Waals surface area contributed by atoms with E-state index < -0.39 is 30.3 Å². The van der Waals surface area contributed by atoms with Gasteiger partial charge in [-0.25, -0.2) is 13.2 Å². The van der Waals surface area contributed by atoms with E-state index in [0.717, 1.165) is 0 Å². The van der Waals surface area contributed by atoms with Crippen LogP contribution in [0.25, 0.3) is 0 Å². The maximum absolute atomic E-state index is 13.9. The fourth-order valence-electron chi connectivity index (χ4n) is 2.34. The molecule has 2 atom stereocenters. The maximum atomic E-state index is 13.9. The molecule has 2 rings (SSSR count). The number of nitrogens with one attached hydrogen (secondary N) is 1. The summed E-state index contributed by atoms with van der Waals surface area (Å²) in [5.74, 6) is -0.502. The van der Waals surface area contributed by atoms with Crippen molar-refractivity contribution in [3.8, 4) is 0 Å². The summed E-state index contributed by atoms with van der Waals surface area (Å²) >= 11 is 0. The minimum Gasteiger partial charge on any atom is -0.393 e. The minimum absolute atomic E-state index is 0.00868. The molecule has 0 bridgehead atoms. The van der Waals surface area contributed by atoms with Gasteiger partial charge in [0.15, 0.2) is 0 Å². The second-order valence-corrected chi connectivity index (χ2v) is 4.86. The molecular weight excluding hydrogens is 243 g/mol. The topological polar surface area (TPSA) is 32.3 Å². The van der Waals surface area contributed by atoms with Crippen molar-refractivity contribution < 1.29 is 18.3 Å². The molecule has 0 spiro atoms. The van der Waals surface area contributed by atoms with E-state index in [9.17, 15) is 13.2 Å². The zero-order valence-electron chi connectivity index (χ0n) is 9.93.